The number of halogens is 3. The molecule has 0 fully saturated rings. The van der Waals surface area contributed by atoms with E-state index < -0.39 is 5.91 Å². The van der Waals surface area contributed by atoms with Crippen molar-refractivity contribution in [3.63, 3.8) is 0 Å². The van der Waals surface area contributed by atoms with Gasteiger partial charge in [-0.1, -0.05) is 56.4 Å². The molecule has 3 rings (SSSR count). The summed E-state index contributed by atoms with van der Waals surface area (Å²) in [6, 6.07) is 10.5. The zero-order valence-corrected chi connectivity index (χ0v) is 16.0. The van der Waals surface area contributed by atoms with E-state index in [0.717, 1.165) is 14.7 Å². The number of hydrogen-bond donors (Lipinski definition) is 0. The van der Waals surface area contributed by atoms with Crippen molar-refractivity contribution in [1.29, 1.82) is 0 Å². The molecule has 0 saturated heterocycles. The Kier molecular flexibility index (Phi) is 5.12. The van der Waals surface area contributed by atoms with Gasteiger partial charge in [0, 0.05) is 9.50 Å². The number of rotatable bonds is 2. The van der Waals surface area contributed by atoms with Gasteiger partial charge in [0.1, 0.15) is 0 Å². The third-order valence-electron chi connectivity index (χ3n) is 3.25. The van der Waals surface area contributed by atoms with Crippen LogP contribution in [0.2, 0.25) is 10.0 Å². The molecule has 0 radical (unpaired) electrons. The Labute approximate surface area is 160 Å². The molecule has 0 aliphatic rings. The largest absolute Gasteiger partial charge is 0.305 e. The fourth-order valence-electron chi connectivity index (χ4n) is 2.18. The summed E-state index contributed by atoms with van der Waals surface area (Å²) in [6.45, 7) is 0.316. The molecule has 120 valence electrons. The van der Waals surface area contributed by atoms with Crippen LogP contribution < -0.4 is 4.80 Å². The second-order valence-corrected chi connectivity index (χ2v) is 7.60. The van der Waals surface area contributed by atoms with Gasteiger partial charge in [0.2, 0.25) is 0 Å². The number of terminal acetylenes is 1. The maximum Gasteiger partial charge on any atom is 0.281 e. The number of thiazole rings is 1. The molecule has 7 heteroatoms. The summed E-state index contributed by atoms with van der Waals surface area (Å²) in [6.07, 6.45) is 5.45. The normalized spacial score (nSPS) is 11.7. The van der Waals surface area contributed by atoms with Crippen LogP contribution in [0.3, 0.4) is 0 Å². The summed E-state index contributed by atoms with van der Waals surface area (Å²) in [7, 11) is 0. The molecule has 1 aromatic heterocycles. The summed E-state index contributed by atoms with van der Waals surface area (Å²) in [5, 5.41) is 0.732. The maximum absolute atomic E-state index is 12.5. The van der Waals surface area contributed by atoms with E-state index in [-0.39, 0.29) is 5.56 Å². The number of aromatic nitrogens is 1. The molecule has 24 heavy (non-hydrogen) atoms. The predicted molar refractivity (Wildman–Crippen MR) is 103 cm³/mol. The number of amides is 1. The Morgan fingerprint density at radius 3 is 2.83 bits per heavy atom. The van der Waals surface area contributed by atoms with Gasteiger partial charge in [0.15, 0.2) is 4.80 Å². The van der Waals surface area contributed by atoms with Gasteiger partial charge in [0.05, 0.1) is 27.3 Å². The topological polar surface area (TPSA) is 34.4 Å². The number of benzene rings is 2. The summed E-state index contributed by atoms with van der Waals surface area (Å²) < 4.78 is 3.74. The molecule has 1 amide bonds. The van der Waals surface area contributed by atoms with Crippen molar-refractivity contribution in [2.24, 2.45) is 4.99 Å². The van der Waals surface area contributed by atoms with Crippen LogP contribution in [-0.4, -0.2) is 10.5 Å². The molecule has 0 aliphatic heterocycles. The van der Waals surface area contributed by atoms with Crippen molar-refractivity contribution in [2.75, 3.05) is 0 Å². The van der Waals surface area contributed by atoms with Gasteiger partial charge in [-0.3, -0.25) is 4.79 Å². The van der Waals surface area contributed by atoms with Crippen LogP contribution in [0, 0.1) is 12.3 Å². The minimum atomic E-state index is -0.459. The molecule has 1 heterocycles. The van der Waals surface area contributed by atoms with E-state index in [1.54, 1.807) is 12.1 Å². The van der Waals surface area contributed by atoms with E-state index in [4.69, 9.17) is 29.6 Å². The average Bonchev–Trinajstić information content (AvgIpc) is 2.86. The van der Waals surface area contributed by atoms with E-state index in [2.05, 4.69) is 26.8 Å². The van der Waals surface area contributed by atoms with E-state index in [9.17, 15) is 4.79 Å². The number of nitrogens with zero attached hydrogens (tertiary/aromatic N) is 2. The summed E-state index contributed by atoms with van der Waals surface area (Å²) in [5.41, 5.74) is 1.18. The first-order chi connectivity index (χ1) is 11.5. The van der Waals surface area contributed by atoms with Gasteiger partial charge in [-0.25, -0.2) is 0 Å². The van der Waals surface area contributed by atoms with Gasteiger partial charge < -0.3 is 4.57 Å². The molecule has 3 aromatic rings. The zero-order valence-electron chi connectivity index (χ0n) is 12.1. The second kappa shape index (κ2) is 7.12. The van der Waals surface area contributed by atoms with Gasteiger partial charge in [-0.05, 0) is 36.4 Å². The first-order valence-corrected chi connectivity index (χ1v) is 9.12. The molecular weight excluding hydrogens is 431 g/mol. The molecule has 0 saturated carbocycles. The van der Waals surface area contributed by atoms with Crippen LogP contribution in [0.15, 0.2) is 45.9 Å². The monoisotopic (exact) mass is 438 g/mol. The lowest BCUT2D eigenvalue weighted by Gasteiger charge is -2.01. The first-order valence-electron chi connectivity index (χ1n) is 6.76. The van der Waals surface area contributed by atoms with Crippen LogP contribution in [0.1, 0.15) is 10.4 Å². The van der Waals surface area contributed by atoms with Gasteiger partial charge >= 0.3 is 0 Å². The Morgan fingerprint density at radius 1 is 1.29 bits per heavy atom. The van der Waals surface area contributed by atoms with Gasteiger partial charge in [0.25, 0.3) is 5.91 Å². The number of hydrogen-bond acceptors (Lipinski definition) is 2. The van der Waals surface area contributed by atoms with E-state index in [1.807, 2.05) is 22.8 Å². The predicted octanol–water partition coefficient (Wildman–Crippen LogP) is 5.15. The Bertz CT molecular complexity index is 1060. The Hall–Kier alpha value is -1.58. The lowest BCUT2D eigenvalue weighted by Crippen LogP contribution is -2.16. The molecule has 0 atom stereocenters. The van der Waals surface area contributed by atoms with Gasteiger partial charge in [-0.2, -0.15) is 4.99 Å². The summed E-state index contributed by atoms with van der Waals surface area (Å²) in [5.74, 6) is 2.13. The number of carbonyl (C=O) groups excluding carboxylic acids is 1. The third-order valence-corrected chi connectivity index (χ3v) is 5.35. The molecule has 0 bridgehead atoms. The van der Waals surface area contributed by atoms with Gasteiger partial charge in [-0.15, -0.1) is 6.42 Å². The van der Waals surface area contributed by atoms with Crippen LogP contribution in [0.5, 0.6) is 0 Å². The first kappa shape index (κ1) is 17.2. The number of carbonyl (C=O) groups is 1. The highest BCUT2D eigenvalue weighted by atomic mass is 79.9. The van der Waals surface area contributed by atoms with E-state index in [0.29, 0.717) is 21.4 Å². The standard InChI is InChI=1S/C17H9BrCl2N2OS/c1-2-7-22-14-6-3-10(18)8-15(14)24-17(22)21-16(23)12-9-11(19)4-5-13(12)20/h1,3-6,8-9H,7H2. The zero-order chi connectivity index (χ0) is 17.3. The minimum Gasteiger partial charge on any atom is -0.305 e. The lowest BCUT2D eigenvalue weighted by atomic mass is 10.2. The molecular formula is C17H9BrCl2N2OS. The minimum absolute atomic E-state index is 0.259. The van der Waals surface area contributed by atoms with Crippen molar-refractivity contribution in [3.05, 3.63) is 61.3 Å². The Balaban J connectivity index is 2.19. The molecule has 2 aromatic carbocycles. The molecule has 0 unspecified atom stereocenters. The SMILES string of the molecule is C#CCn1c(=NC(=O)c2cc(Cl)ccc2Cl)sc2cc(Br)ccc21. The van der Waals surface area contributed by atoms with Crippen molar-refractivity contribution in [3.8, 4) is 12.3 Å². The van der Waals surface area contributed by atoms with E-state index in [1.165, 1.54) is 17.4 Å². The van der Waals surface area contributed by atoms with Crippen LogP contribution in [-0.2, 0) is 6.54 Å². The molecule has 0 spiro atoms. The van der Waals surface area contributed by atoms with E-state index >= 15 is 0 Å². The summed E-state index contributed by atoms with van der Waals surface area (Å²) in [4.78, 5) is 17.2. The lowest BCUT2D eigenvalue weighted by molar-refractivity contribution is 0.0998. The van der Waals surface area contributed by atoms with Crippen molar-refractivity contribution < 1.29 is 4.79 Å². The smallest absolute Gasteiger partial charge is 0.281 e. The quantitative estimate of drug-likeness (QED) is 0.508. The maximum atomic E-state index is 12.5. The third kappa shape index (κ3) is 3.42. The molecule has 0 N–H and O–H groups in total. The van der Waals surface area contributed by atoms with Crippen molar-refractivity contribution in [1.82, 2.24) is 4.57 Å². The van der Waals surface area contributed by atoms with Crippen LogP contribution in [0.4, 0.5) is 0 Å². The highest BCUT2D eigenvalue weighted by Crippen LogP contribution is 2.23. The second-order valence-electron chi connectivity index (χ2n) is 4.83. The fraction of sp³-hybridized carbons (Fsp3) is 0.0588. The molecule has 3 nitrogen and oxygen atoms in total. The highest BCUT2D eigenvalue weighted by molar-refractivity contribution is 9.10. The van der Waals surface area contributed by atoms with Crippen molar-refractivity contribution in [2.45, 2.75) is 6.54 Å². The summed E-state index contributed by atoms with van der Waals surface area (Å²) >= 11 is 16.8. The fourth-order valence-corrected chi connectivity index (χ4v) is 4.14. The average molecular weight is 440 g/mol. The van der Waals surface area contributed by atoms with Crippen LogP contribution >= 0.6 is 50.5 Å². The number of fused-ring (bicyclic) bond motifs is 1. The van der Waals surface area contributed by atoms with Crippen LogP contribution in [0.25, 0.3) is 10.2 Å². The highest BCUT2D eigenvalue weighted by Gasteiger charge is 2.12. The van der Waals surface area contributed by atoms with Crippen molar-refractivity contribution >= 4 is 66.6 Å². The Morgan fingerprint density at radius 2 is 2.08 bits per heavy atom. The molecule has 0 aliphatic carbocycles.